The molecular formula is C16H13N3O2. The fraction of sp³-hybridized carbons (Fsp3) is 0.0625. The lowest BCUT2D eigenvalue weighted by Gasteiger charge is -2.06. The van der Waals surface area contributed by atoms with Crippen molar-refractivity contribution in [3.63, 3.8) is 0 Å². The van der Waals surface area contributed by atoms with E-state index in [1.54, 1.807) is 41.1 Å². The molecule has 2 aromatic heterocycles. The normalized spacial score (nSPS) is 10.5. The number of fused-ring (bicyclic) bond motifs is 1. The minimum absolute atomic E-state index is 0.176. The van der Waals surface area contributed by atoms with E-state index in [4.69, 9.17) is 0 Å². The summed E-state index contributed by atoms with van der Waals surface area (Å²) in [5.74, 6) is -0.176. The van der Waals surface area contributed by atoms with Gasteiger partial charge in [-0.2, -0.15) is 0 Å². The first-order valence-corrected chi connectivity index (χ1v) is 6.48. The maximum Gasteiger partial charge on any atom is 0.255 e. The number of aryl methyl sites for hydroxylation is 1. The van der Waals surface area contributed by atoms with Gasteiger partial charge in [0.15, 0.2) is 6.29 Å². The molecule has 3 rings (SSSR count). The Morgan fingerprint density at radius 3 is 2.62 bits per heavy atom. The molecule has 104 valence electrons. The molecule has 0 saturated heterocycles. The predicted molar refractivity (Wildman–Crippen MR) is 79.7 cm³/mol. The average Bonchev–Trinajstić information content (AvgIpc) is 2.90. The van der Waals surface area contributed by atoms with Crippen molar-refractivity contribution in [3.05, 3.63) is 65.6 Å². The van der Waals surface area contributed by atoms with Gasteiger partial charge >= 0.3 is 0 Å². The number of anilines is 1. The number of carbonyl (C=O) groups excluding carboxylic acids is 2. The van der Waals surface area contributed by atoms with Crippen LogP contribution in [-0.2, 0) is 0 Å². The van der Waals surface area contributed by atoms with Crippen LogP contribution in [0, 0.1) is 6.92 Å². The second kappa shape index (κ2) is 5.20. The molecule has 21 heavy (non-hydrogen) atoms. The first-order valence-electron chi connectivity index (χ1n) is 6.48. The summed E-state index contributed by atoms with van der Waals surface area (Å²) in [5, 5.41) is 2.82. The molecule has 0 unspecified atom stereocenters. The van der Waals surface area contributed by atoms with Crippen molar-refractivity contribution in [1.29, 1.82) is 0 Å². The fourth-order valence-electron chi connectivity index (χ4n) is 2.05. The van der Waals surface area contributed by atoms with Crippen molar-refractivity contribution < 1.29 is 9.59 Å². The number of benzene rings is 1. The van der Waals surface area contributed by atoms with Gasteiger partial charge in [-0.25, -0.2) is 4.98 Å². The van der Waals surface area contributed by atoms with Gasteiger partial charge in [0.25, 0.3) is 5.91 Å². The monoisotopic (exact) mass is 279 g/mol. The number of hydrogen-bond donors (Lipinski definition) is 1. The first kappa shape index (κ1) is 13.1. The van der Waals surface area contributed by atoms with Crippen LogP contribution < -0.4 is 5.32 Å². The van der Waals surface area contributed by atoms with Gasteiger partial charge in [-0.3, -0.25) is 9.59 Å². The molecule has 0 aliphatic carbocycles. The van der Waals surface area contributed by atoms with E-state index in [-0.39, 0.29) is 5.91 Å². The molecule has 0 saturated carbocycles. The zero-order chi connectivity index (χ0) is 14.8. The number of carbonyl (C=O) groups is 2. The molecule has 1 amide bonds. The molecule has 0 fully saturated rings. The fourth-order valence-corrected chi connectivity index (χ4v) is 2.05. The van der Waals surface area contributed by atoms with Crippen LogP contribution in [0.1, 0.15) is 26.4 Å². The number of aromatic nitrogens is 2. The van der Waals surface area contributed by atoms with Crippen LogP contribution in [0.2, 0.25) is 0 Å². The summed E-state index contributed by atoms with van der Waals surface area (Å²) in [5.41, 5.74) is 3.36. The molecule has 2 heterocycles. The third kappa shape index (κ3) is 2.67. The van der Waals surface area contributed by atoms with Crippen LogP contribution >= 0.6 is 0 Å². The summed E-state index contributed by atoms with van der Waals surface area (Å²) in [6.07, 6.45) is 4.03. The largest absolute Gasteiger partial charge is 0.321 e. The summed E-state index contributed by atoms with van der Waals surface area (Å²) in [4.78, 5) is 26.9. The van der Waals surface area contributed by atoms with Crippen molar-refractivity contribution in [3.8, 4) is 0 Å². The van der Waals surface area contributed by atoms with Gasteiger partial charge in [-0.15, -0.1) is 0 Å². The summed E-state index contributed by atoms with van der Waals surface area (Å²) < 4.78 is 1.70. The quantitative estimate of drug-likeness (QED) is 0.750. The van der Waals surface area contributed by atoms with Crippen molar-refractivity contribution in [2.24, 2.45) is 0 Å². The Morgan fingerprint density at radius 1 is 1.14 bits per heavy atom. The molecule has 0 atom stereocenters. The Kier molecular flexibility index (Phi) is 3.23. The van der Waals surface area contributed by atoms with Gasteiger partial charge < -0.3 is 9.72 Å². The molecule has 0 radical (unpaired) electrons. The van der Waals surface area contributed by atoms with Gasteiger partial charge in [0.2, 0.25) is 0 Å². The van der Waals surface area contributed by atoms with Crippen molar-refractivity contribution in [2.45, 2.75) is 6.92 Å². The molecule has 5 heteroatoms. The van der Waals surface area contributed by atoms with Gasteiger partial charge in [-0.05, 0) is 31.2 Å². The van der Waals surface area contributed by atoms with E-state index in [1.807, 2.05) is 19.1 Å². The zero-order valence-corrected chi connectivity index (χ0v) is 11.4. The van der Waals surface area contributed by atoms with Crippen molar-refractivity contribution in [2.75, 3.05) is 5.32 Å². The summed E-state index contributed by atoms with van der Waals surface area (Å²) >= 11 is 0. The number of rotatable bonds is 3. The van der Waals surface area contributed by atoms with Crippen LogP contribution in [0.25, 0.3) is 5.65 Å². The maximum atomic E-state index is 12.1. The lowest BCUT2D eigenvalue weighted by Crippen LogP contribution is -2.12. The highest BCUT2D eigenvalue weighted by Crippen LogP contribution is 2.13. The Balaban J connectivity index is 1.85. The molecule has 0 aliphatic rings. The Morgan fingerprint density at radius 2 is 1.90 bits per heavy atom. The number of imidazole rings is 1. The Hall–Kier alpha value is -2.95. The van der Waals surface area contributed by atoms with Crippen molar-refractivity contribution in [1.82, 2.24) is 9.38 Å². The molecular weight excluding hydrogens is 266 g/mol. The van der Waals surface area contributed by atoms with E-state index in [0.29, 0.717) is 28.9 Å². The van der Waals surface area contributed by atoms with Crippen LogP contribution in [-0.4, -0.2) is 21.6 Å². The summed E-state index contributed by atoms with van der Waals surface area (Å²) in [6, 6.07) is 10.9. The summed E-state index contributed by atoms with van der Waals surface area (Å²) in [6.45, 7) is 1.97. The van der Waals surface area contributed by atoms with E-state index in [2.05, 4.69) is 10.3 Å². The predicted octanol–water partition coefficient (Wildman–Crippen LogP) is 2.71. The van der Waals surface area contributed by atoms with E-state index in [1.165, 1.54) is 0 Å². The smallest absolute Gasteiger partial charge is 0.255 e. The average molecular weight is 279 g/mol. The molecule has 0 bridgehead atoms. The maximum absolute atomic E-state index is 12.1. The highest BCUT2D eigenvalue weighted by atomic mass is 16.1. The number of hydrogen-bond acceptors (Lipinski definition) is 3. The van der Waals surface area contributed by atoms with Crippen LogP contribution in [0.5, 0.6) is 0 Å². The number of amides is 1. The minimum atomic E-state index is -0.176. The Bertz CT molecular complexity index is 819. The molecule has 1 aromatic carbocycles. The number of pyridine rings is 1. The SMILES string of the molecule is Cc1ccc(C(=O)Nc2ccc3nc(C=O)cn3c2)cc1. The lowest BCUT2D eigenvalue weighted by molar-refractivity contribution is 0.102. The topological polar surface area (TPSA) is 63.5 Å². The number of nitrogens with one attached hydrogen (secondary N) is 1. The second-order valence-electron chi connectivity index (χ2n) is 4.79. The molecule has 0 aliphatic heterocycles. The third-order valence-corrected chi connectivity index (χ3v) is 3.16. The third-order valence-electron chi connectivity index (χ3n) is 3.16. The highest BCUT2D eigenvalue weighted by molar-refractivity contribution is 6.04. The highest BCUT2D eigenvalue weighted by Gasteiger charge is 2.07. The number of nitrogens with zero attached hydrogens (tertiary/aromatic N) is 2. The molecule has 1 N–H and O–H groups in total. The van der Waals surface area contributed by atoms with Gasteiger partial charge in [0, 0.05) is 18.0 Å². The van der Waals surface area contributed by atoms with Crippen LogP contribution in [0.3, 0.4) is 0 Å². The van der Waals surface area contributed by atoms with Crippen molar-refractivity contribution >= 4 is 23.5 Å². The van der Waals surface area contributed by atoms with Crippen LogP contribution in [0.15, 0.2) is 48.8 Å². The van der Waals surface area contributed by atoms with E-state index in [0.717, 1.165) is 5.56 Å². The van der Waals surface area contributed by atoms with E-state index < -0.39 is 0 Å². The molecule has 0 spiro atoms. The standard InChI is InChI=1S/C16H13N3O2/c1-11-2-4-12(5-3-11)16(21)18-13-6-7-15-17-14(10-20)9-19(15)8-13/h2-10H,1H3,(H,18,21). The molecule has 3 aromatic rings. The minimum Gasteiger partial charge on any atom is -0.321 e. The van der Waals surface area contributed by atoms with Gasteiger partial charge in [0.1, 0.15) is 11.3 Å². The summed E-state index contributed by atoms with van der Waals surface area (Å²) in [7, 11) is 0. The van der Waals surface area contributed by atoms with Crippen LogP contribution in [0.4, 0.5) is 5.69 Å². The second-order valence-corrected chi connectivity index (χ2v) is 4.79. The van der Waals surface area contributed by atoms with E-state index in [9.17, 15) is 9.59 Å². The number of aldehydes is 1. The lowest BCUT2D eigenvalue weighted by atomic mass is 10.1. The van der Waals surface area contributed by atoms with E-state index >= 15 is 0 Å². The molecule has 5 nitrogen and oxygen atoms in total. The zero-order valence-electron chi connectivity index (χ0n) is 11.4. The van der Waals surface area contributed by atoms with Gasteiger partial charge in [-0.1, -0.05) is 17.7 Å². The van der Waals surface area contributed by atoms with Gasteiger partial charge in [0.05, 0.1) is 5.69 Å². The first-order chi connectivity index (χ1) is 10.2. The Labute approximate surface area is 121 Å².